The van der Waals surface area contributed by atoms with Gasteiger partial charge in [0, 0.05) is 13.1 Å². The first-order chi connectivity index (χ1) is 10.3. The number of alkyl halides is 3. The van der Waals surface area contributed by atoms with Crippen molar-refractivity contribution in [2.75, 3.05) is 26.2 Å². The summed E-state index contributed by atoms with van der Waals surface area (Å²) in [5.41, 5.74) is 1.11. The Morgan fingerprint density at radius 3 is 2.64 bits per heavy atom. The Balaban J connectivity index is 1.76. The van der Waals surface area contributed by atoms with E-state index < -0.39 is 18.2 Å². The van der Waals surface area contributed by atoms with Crippen molar-refractivity contribution in [2.24, 2.45) is 5.92 Å². The number of rotatable bonds is 5. The molecule has 22 heavy (non-hydrogen) atoms. The number of likely N-dealkylation sites (tertiary alicyclic amines) is 1. The number of hydrogen-bond acceptors (Lipinski definition) is 3. The summed E-state index contributed by atoms with van der Waals surface area (Å²) in [4.78, 5) is 1.67. The smallest absolute Gasteiger partial charge is 0.393 e. The minimum absolute atomic E-state index is 0.0366. The number of benzene rings is 1. The second kappa shape index (κ2) is 7.33. The van der Waals surface area contributed by atoms with Gasteiger partial charge in [-0.3, -0.25) is 0 Å². The van der Waals surface area contributed by atoms with Crippen molar-refractivity contribution in [2.45, 2.75) is 32.0 Å². The van der Waals surface area contributed by atoms with Crippen LogP contribution in [-0.2, 0) is 0 Å². The lowest BCUT2D eigenvalue weighted by molar-refractivity contribution is -0.187. The predicted molar refractivity (Wildman–Crippen MR) is 77.9 cm³/mol. The highest BCUT2D eigenvalue weighted by Gasteiger charge is 2.41. The Hall–Kier alpha value is -1.27. The van der Waals surface area contributed by atoms with Gasteiger partial charge < -0.3 is 14.7 Å². The number of β-amino-alcohol motifs (C(OH)–C–C–N with tert-alkyl or cyclic N) is 1. The third-order valence-electron chi connectivity index (χ3n) is 3.90. The van der Waals surface area contributed by atoms with E-state index >= 15 is 0 Å². The van der Waals surface area contributed by atoms with Gasteiger partial charge in [-0.15, -0.1) is 0 Å². The quantitative estimate of drug-likeness (QED) is 0.906. The molecule has 1 aliphatic heterocycles. The van der Waals surface area contributed by atoms with E-state index in [9.17, 15) is 18.3 Å². The van der Waals surface area contributed by atoms with Gasteiger partial charge in [0.05, 0.1) is 5.92 Å². The first kappa shape index (κ1) is 17.1. The first-order valence-electron chi connectivity index (χ1n) is 7.51. The lowest BCUT2D eigenvalue weighted by Gasteiger charge is -2.34. The Labute approximate surface area is 128 Å². The van der Waals surface area contributed by atoms with Gasteiger partial charge in [-0.1, -0.05) is 17.7 Å². The molecule has 1 aliphatic rings. The standard InChI is InChI=1S/C16H22F3NO2/c1-12-4-6-15(7-5-12)22-11-14(21)10-20-8-2-3-13(9-20)16(17,18)19/h4-7,13-14,21H,2-3,8-11H2,1H3/t13-,14+/m0/s1. The van der Waals surface area contributed by atoms with Crippen LogP contribution < -0.4 is 4.74 Å². The number of aliphatic hydroxyl groups excluding tert-OH is 1. The minimum atomic E-state index is -4.15. The van der Waals surface area contributed by atoms with Crippen LogP contribution in [0.2, 0.25) is 0 Å². The fourth-order valence-corrected chi connectivity index (χ4v) is 2.67. The second-order valence-electron chi connectivity index (χ2n) is 5.92. The van der Waals surface area contributed by atoms with Crippen LogP contribution in [0.1, 0.15) is 18.4 Å². The molecule has 124 valence electrons. The number of ether oxygens (including phenoxy) is 1. The maximum Gasteiger partial charge on any atom is 0.393 e. The van der Waals surface area contributed by atoms with Crippen molar-refractivity contribution in [3.05, 3.63) is 29.8 Å². The molecule has 1 aromatic rings. The van der Waals surface area contributed by atoms with Gasteiger partial charge >= 0.3 is 6.18 Å². The average molecular weight is 317 g/mol. The number of hydrogen-bond donors (Lipinski definition) is 1. The largest absolute Gasteiger partial charge is 0.491 e. The molecule has 3 nitrogen and oxygen atoms in total. The first-order valence-corrected chi connectivity index (χ1v) is 7.51. The molecule has 6 heteroatoms. The minimum Gasteiger partial charge on any atom is -0.491 e. The summed E-state index contributed by atoms with van der Waals surface area (Å²) in [5, 5.41) is 9.96. The number of aryl methyl sites for hydroxylation is 1. The molecule has 2 atom stereocenters. The second-order valence-corrected chi connectivity index (χ2v) is 5.92. The molecule has 0 amide bonds. The van der Waals surface area contributed by atoms with Crippen molar-refractivity contribution in [1.29, 1.82) is 0 Å². The maximum absolute atomic E-state index is 12.7. The van der Waals surface area contributed by atoms with E-state index in [4.69, 9.17) is 4.74 Å². The molecule has 2 rings (SSSR count). The summed E-state index contributed by atoms with van der Waals surface area (Å²) in [6.45, 7) is 2.81. The van der Waals surface area contributed by atoms with Gasteiger partial charge in [-0.05, 0) is 38.4 Å². The van der Waals surface area contributed by atoms with Gasteiger partial charge in [-0.25, -0.2) is 0 Å². The van der Waals surface area contributed by atoms with Gasteiger partial charge in [0.25, 0.3) is 0 Å². The normalized spacial score (nSPS) is 21.6. The molecule has 1 fully saturated rings. The third kappa shape index (κ3) is 5.18. The zero-order chi connectivity index (χ0) is 16.2. The van der Waals surface area contributed by atoms with Crippen molar-refractivity contribution in [1.82, 2.24) is 4.90 Å². The topological polar surface area (TPSA) is 32.7 Å². The van der Waals surface area contributed by atoms with Crippen molar-refractivity contribution in [3.63, 3.8) is 0 Å². The average Bonchev–Trinajstić information content (AvgIpc) is 2.46. The summed E-state index contributed by atoms with van der Waals surface area (Å²) in [5.74, 6) is -0.636. The Morgan fingerprint density at radius 2 is 2.00 bits per heavy atom. The summed E-state index contributed by atoms with van der Waals surface area (Å²) in [6.07, 6.45) is -4.26. The monoisotopic (exact) mass is 317 g/mol. The fourth-order valence-electron chi connectivity index (χ4n) is 2.67. The van der Waals surface area contributed by atoms with Crippen LogP contribution in [0.3, 0.4) is 0 Å². The highest BCUT2D eigenvalue weighted by atomic mass is 19.4. The molecule has 0 spiro atoms. The van der Waals surface area contributed by atoms with Crippen LogP contribution in [0.4, 0.5) is 13.2 Å². The summed E-state index contributed by atoms with van der Waals surface area (Å²) in [7, 11) is 0. The molecule has 1 heterocycles. The molecule has 0 aliphatic carbocycles. The molecule has 1 saturated heterocycles. The highest BCUT2D eigenvalue weighted by Crippen LogP contribution is 2.33. The zero-order valence-corrected chi connectivity index (χ0v) is 12.6. The van der Waals surface area contributed by atoms with Crippen LogP contribution in [-0.4, -0.2) is 48.5 Å². The van der Waals surface area contributed by atoms with Crippen LogP contribution in [0.25, 0.3) is 0 Å². The molecule has 0 bridgehead atoms. The maximum atomic E-state index is 12.7. The number of nitrogens with zero attached hydrogens (tertiary/aromatic N) is 1. The summed E-state index contributed by atoms with van der Waals surface area (Å²) < 4.78 is 43.7. The van der Waals surface area contributed by atoms with Crippen LogP contribution in [0.5, 0.6) is 5.75 Å². The van der Waals surface area contributed by atoms with E-state index in [1.165, 1.54) is 0 Å². The number of aliphatic hydroxyl groups is 1. The predicted octanol–water partition coefficient (Wildman–Crippen LogP) is 3.01. The molecule has 0 unspecified atom stereocenters. The Kier molecular flexibility index (Phi) is 5.69. The lowest BCUT2D eigenvalue weighted by atomic mass is 9.97. The highest BCUT2D eigenvalue weighted by molar-refractivity contribution is 5.26. The summed E-state index contributed by atoms with van der Waals surface area (Å²) in [6, 6.07) is 7.42. The van der Waals surface area contributed by atoms with Crippen LogP contribution in [0.15, 0.2) is 24.3 Å². The van der Waals surface area contributed by atoms with Gasteiger partial charge in [0.2, 0.25) is 0 Å². The van der Waals surface area contributed by atoms with E-state index in [-0.39, 0.29) is 26.1 Å². The third-order valence-corrected chi connectivity index (χ3v) is 3.90. The van der Waals surface area contributed by atoms with Crippen LogP contribution in [0, 0.1) is 12.8 Å². The Bertz CT molecular complexity index is 461. The molecule has 0 saturated carbocycles. The van der Waals surface area contributed by atoms with Crippen molar-refractivity contribution >= 4 is 0 Å². The van der Waals surface area contributed by atoms with E-state index in [1.807, 2.05) is 31.2 Å². The van der Waals surface area contributed by atoms with Gasteiger partial charge in [0.15, 0.2) is 0 Å². The van der Waals surface area contributed by atoms with Gasteiger partial charge in [0.1, 0.15) is 18.5 Å². The lowest BCUT2D eigenvalue weighted by Crippen LogP contribution is -2.45. The molecule has 0 aromatic heterocycles. The number of piperidine rings is 1. The molecule has 1 N–H and O–H groups in total. The Morgan fingerprint density at radius 1 is 1.32 bits per heavy atom. The van der Waals surface area contributed by atoms with E-state index in [1.54, 1.807) is 4.90 Å². The van der Waals surface area contributed by atoms with Gasteiger partial charge in [-0.2, -0.15) is 13.2 Å². The van der Waals surface area contributed by atoms with Crippen molar-refractivity contribution < 1.29 is 23.0 Å². The number of halogens is 3. The molecular formula is C16H22F3NO2. The van der Waals surface area contributed by atoms with E-state index in [2.05, 4.69) is 0 Å². The molecule has 1 aromatic carbocycles. The molecular weight excluding hydrogens is 295 g/mol. The zero-order valence-electron chi connectivity index (χ0n) is 12.6. The van der Waals surface area contributed by atoms with E-state index in [0.29, 0.717) is 18.7 Å². The summed E-state index contributed by atoms with van der Waals surface area (Å²) >= 11 is 0. The van der Waals surface area contributed by atoms with Crippen LogP contribution >= 0.6 is 0 Å². The van der Waals surface area contributed by atoms with E-state index in [0.717, 1.165) is 5.56 Å². The fraction of sp³-hybridized carbons (Fsp3) is 0.625. The van der Waals surface area contributed by atoms with Crippen molar-refractivity contribution in [3.8, 4) is 5.75 Å². The molecule has 0 radical (unpaired) electrons. The SMILES string of the molecule is Cc1ccc(OC[C@H](O)CN2CCC[C@H](C(F)(F)F)C2)cc1.